The van der Waals surface area contributed by atoms with Gasteiger partial charge in [0.05, 0.1) is 10.9 Å². The molecular weight excluding hydrogens is 360 g/mol. The van der Waals surface area contributed by atoms with Crippen LogP contribution in [0.5, 0.6) is 5.75 Å². The summed E-state index contributed by atoms with van der Waals surface area (Å²) in [6, 6.07) is 13.0. The van der Waals surface area contributed by atoms with Gasteiger partial charge in [-0.25, -0.2) is 0 Å². The highest BCUT2D eigenvalue weighted by Gasteiger charge is 2.20. The molecule has 0 saturated heterocycles. The number of fused-ring (bicyclic) bond motifs is 1. The van der Waals surface area contributed by atoms with Crippen LogP contribution >= 0.6 is 11.3 Å². The van der Waals surface area contributed by atoms with Gasteiger partial charge in [-0.15, -0.1) is 10.2 Å². The molecule has 27 heavy (non-hydrogen) atoms. The van der Waals surface area contributed by atoms with Gasteiger partial charge in [0.25, 0.3) is 0 Å². The Morgan fingerprint density at radius 1 is 1.04 bits per heavy atom. The van der Waals surface area contributed by atoms with Crippen molar-refractivity contribution in [2.24, 2.45) is 0 Å². The van der Waals surface area contributed by atoms with E-state index in [-0.39, 0.29) is 11.2 Å². The van der Waals surface area contributed by atoms with Gasteiger partial charge in [-0.1, -0.05) is 55.5 Å². The van der Waals surface area contributed by atoms with E-state index in [1.54, 1.807) is 6.07 Å². The van der Waals surface area contributed by atoms with Crippen molar-refractivity contribution in [1.82, 2.24) is 10.2 Å². The van der Waals surface area contributed by atoms with Crippen LogP contribution in [-0.4, -0.2) is 15.3 Å². The Hall–Kier alpha value is -2.99. The predicted octanol–water partition coefficient (Wildman–Crippen LogP) is 4.81. The van der Waals surface area contributed by atoms with Crippen LogP contribution in [0.25, 0.3) is 32.1 Å². The summed E-state index contributed by atoms with van der Waals surface area (Å²) in [5.41, 5.74) is 2.38. The van der Waals surface area contributed by atoms with Crippen molar-refractivity contribution in [1.29, 1.82) is 0 Å². The number of phenolic OH excluding ortho intramolecular Hbond substituents is 1. The third-order valence-corrected chi connectivity index (χ3v) is 5.52. The van der Waals surface area contributed by atoms with E-state index in [1.165, 1.54) is 17.4 Å². The number of aryl methyl sites for hydroxylation is 2. The number of aromatic hydroxyl groups is 1. The molecule has 0 saturated carbocycles. The van der Waals surface area contributed by atoms with E-state index >= 15 is 0 Å². The van der Waals surface area contributed by atoms with E-state index in [1.807, 2.05) is 44.2 Å². The smallest absolute Gasteiger partial charge is 0.203 e. The number of hydrogen-bond acceptors (Lipinski definition) is 6. The number of hydrogen-bond donors (Lipinski definition) is 1. The molecule has 0 radical (unpaired) electrons. The first-order chi connectivity index (χ1) is 13.1. The first-order valence-electron chi connectivity index (χ1n) is 8.83. The van der Waals surface area contributed by atoms with Crippen molar-refractivity contribution in [3.8, 4) is 26.9 Å². The highest BCUT2D eigenvalue weighted by molar-refractivity contribution is 7.17. The molecule has 0 amide bonds. The second-order valence-electron chi connectivity index (χ2n) is 6.19. The lowest BCUT2D eigenvalue weighted by molar-refractivity contribution is 0.466. The van der Waals surface area contributed by atoms with Crippen LogP contribution in [0.1, 0.15) is 25.2 Å². The minimum atomic E-state index is -0.140. The lowest BCUT2D eigenvalue weighted by Crippen LogP contribution is -2.09. The summed E-state index contributed by atoms with van der Waals surface area (Å²) < 4.78 is 5.95. The number of aromatic nitrogens is 2. The summed E-state index contributed by atoms with van der Waals surface area (Å²) in [6.45, 7) is 3.85. The molecule has 4 aromatic rings. The van der Waals surface area contributed by atoms with Gasteiger partial charge in [0.15, 0.2) is 5.01 Å². The molecule has 2 aromatic heterocycles. The minimum absolute atomic E-state index is 0.140. The van der Waals surface area contributed by atoms with Gasteiger partial charge in [-0.3, -0.25) is 4.79 Å². The summed E-state index contributed by atoms with van der Waals surface area (Å²) in [7, 11) is 0. The number of benzene rings is 2. The van der Waals surface area contributed by atoms with Crippen LogP contribution in [-0.2, 0) is 12.8 Å². The van der Waals surface area contributed by atoms with E-state index in [2.05, 4.69) is 10.2 Å². The van der Waals surface area contributed by atoms with Crippen LogP contribution < -0.4 is 5.43 Å². The molecule has 5 nitrogen and oxygen atoms in total. The molecule has 0 aliphatic heterocycles. The zero-order chi connectivity index (χ0) is 19.0. The molecule has 6 heteroatoms. The summed E-state index contributed by atoms with van der Waals surface area (Å²) in [4.78, 5) is 13.2. The molecule has 4 rings (SSSR count). The number of phenols is 1. The maximum absolute atomic E-state index is 13.2. The van der Waals surface area contributed by atoms with Crippen molar-refractivity contribution in [2.45, 2.75) is 26.7 Å². The van der Waals surface area contributed by atoms with Gasteiger partial charge < -0.3 is 9.52 Å². The van der Waals surface area contributed by atoms with E-state index < -0.39 is 0 Å². The standard InChI is InChI=1S/C21H18N2O3S/c1-3-12-10-14-17(11-15(12)24)26-16(4-2)18(19(14)25)21-23-22-20(27-21)13-8-6-5-7-9-13/h5-11,24H,3-4H2,1-2H3. The summed E-state index contributed by atoms with van der Waals surface area (Å²) in [5.74, 6) is 0.692. The Bertz CT molecular complexity index is 1180. The Balaban J connectivity index is 1.93. The van der Waals surface area contributed by atoms with Crippen LogP contribution in [0.3, 0.4) is 0 Å². The fraction of sp³-hybridized carbons (Fsp3) is 0.190. The van der Waals surface area contributed by atoms with Gasteiger partial charge in [0.1, 0.15) is 22.1 Å². The average molecular weight is 378 g/mol. The largest absolute Gasteiger partial charge is 0.508 e. The van der Waals surface area contributed by atoms with Crippen LogP contribution in [0.15, 0.2) is 51.7 Å². The molecule has 0 aliphatic rings. The van der Waals surface area contributed by atoms with Crippen molar-refractivity contribution in [3.63, 3.8) is 0 Å². The molecule has 2 heterocycles. The maximum Gasteiger partial charge on any atom is 0.203 e. The predicted molar refractivity (Wildman–Crippen MR) is 107 cm³/mol. The van der Waals surface area contributed by atoms with Gasteiger partial charge in [-0.2, -0.15) is 0 Å². The van der Waals surface area contributed by atoms with Crippen LogP contribution in [0, 0.1) is 0 Å². The first-order valence-corrected chi connectivity index (χ1v) is 9.64. The Labute approximate surface area is 159 Å². The molecule has 1 N–H and O–H groups in total. The van der Waals surface area contributed by atoms with Crippen LogP contribution in [0.2, 0.25) is 0 Å². The van der Waals surface area contributed by atoms with Crippen LogP contribution in [0.4, 0.5) is 0 Å². The van der Waals surface area contributed by atoms with Crippen molar-refractivity contribution in [2.75, 3.05) is 0 Å². The highest BCUT2D eigenvalue weighted by atomic mass is 32.1. The third-order valence-electron chi connectivity index (χ3n) is 4.53. The second kappa shape index (κ2) is 6.96. The quantitative estimate of drug-likeness (QED) is 0.551. The maximum atomic E-state index is 13.2. The monoisotopic (exact) mass is 378 g/mol. The Kier molecular flexibility index (Phi) is 4.49. The Morgan fingerprint density at radius 2 is 1.78 bits per heavy atom. The minimum Gasteiger partial charge on any atom is -0.508 e. The Morgan fingerprint density at radius 3 is 2.48 bits per heavy atom. The molecule has 0 aliphatic carbocycles. The zero-order valence-electron chi connectivity index (χ0n) is 15.0. The van der Waals surface area contributed by atoms with Gasteiger partial charge in [0, 0.05) is 18.1 Å². The van der Waals surface area contributed by atoms with Crippen molar-refractivity contribution in [3.05, 3.63) is 64.0 Å². The molecule has 0 atom stereocenters. The highest BCUT2D eigenvalue weighted by Crippen LogP contribution is 2.33. The van der Waals surface area contributed by atoms with Gasteiger partial charge in [-0.05, 0) is 18.1 Å². The van der Waals surface area contributed by atoms with Gasteiger partial charge >= 0.3 is 0 Å². The van der Waals surface area contributed by atoms with E-state index in [9.17, 15) is 9.90 Å². The number of rotatable bonds is 4. The lowest BCUT2D eigenvalue weighted by atomic mass is 10.0. The topological polar surface area (TPSA) is 76.2 Å². The second-order valence-corrected chi connectivity index (χ2v) is 7.17. The molecule has 0 spiro atoms. The van der Waals surface area contributed by atoms with Crippen molar-refractivity contribution >= 4 is 22.3 Å². The molecule has 0 fully saturated rings. The van der Waals surface area contributed by atoms with E-state index in [0.29, 0.717) is 45.7 Å². The molecule has 0 unspecified atom stereocenters. The summed E-state index contributed by atoms with van der Waals surface area (Å²) in [5, 5.41) is 20.4. The summed E-state index contributed by atoms with van der Waals surface area (Å²) in [6.07, 6.45) is 1.17. The zero-order valence-corrected chi connectivity index (χ0v) is 15.8. The third kappa shape index (κ3) is 3.02. The average Bonchev–Trinajstić information content (AvgIpc) is 3.17. The fourth-order valence-corrected chi connectivity index (χ4v) is 4.00. The normalized spacial score (nSPS) is 11.2. The van der Waals surface area contributed by atoms with Gasteiger partial charge in [0.2, 0.25) is 5.43 Å². The molecule has 2 aromatic carbocycles. The molecular formula is C21H18N2O3S. The molecule has 136 valence electrons. The number of nitrogens with zero attached hydrogens (tertiary/aromatic N) is 2. The summed E-state index contributed by atoms with van der Waals surface area (Å²) >= 11 is 1.37. The lowest BCUT2D eigenvalue weighted by Gasteiger charge is -2.08. The molecule has 0 bridgehead atoms. The fourth-order valence-electron chi connectivity index (χ4n) is 3.09. The van der Waals surface area contributed by atoms with Crippen molar-refractivity contribution < 1.29 is 9.52 Å². The first kappa shape index (κ1) is 17.4. The SMILES string of the molecule is CCc1cc2c(=O)c(-c3nnc(-c4ccccc4)s3)c(CC)oc2cc1O. The van der Waals surface area contributed by atoms with E-state index in [4.69, 9.17) is 4.42 Å². The van der Waals surface area contributed by atoms with E-state index in [0.717, 1.165) is 10.6 Å².